The number of aromatic nitrogens is 1. The molecule has 0 fully saturated rings. The van der Waals surface area contributed by atoms with Gasteiger partial charge in [0.15, 0.2) is 4.80 Å². The van der Waals surface area contributed by atoms with E-state index in [0.29, 0.717) is 62.3 Å². The molecule has 0 saturated carbocycles. The highest BCUT2D eigenvalue weighted by Crippen LogP contribution is 2.38. The number of hydrogen-bond donors (Lipinski definition) is 0. The lowest BCUT2D eigenvalue weighted by Crippen LogP contribution is -2.43. The predicted octanol–water partition coefficient (Wildman–Crippen LogP) is 5.45. The Morgan fingerprint density at radius 3 is 2.52 bits per heavy atom. The first kappa shape index (κ1) is 29.6. The van der Waals surface area contributed by atoms with Gasteiger partial charge in [0.1, 0.15) is 29.1 Å². The number of ether oxygens (including phenoxy) is 2. The van der Waals surface area contributed by atoms with Crippen LogP contribution >= 0.6 is 27.3 Å². The summed E-state index contributed by atoms with van der Waals surface area (Å²) in [6.45, 7) is 8.75. The molecule has 1 aliphatic heterocycles. The van der Waals surface area contributed by atoms with Crippen molar-refractivity contribution in [3.8, 4) is 22.8 Å². The van der Waals surface area contributed by atoms with Crippen LogP contribution in [0.15, 0.2) is 78.5 Å². The molecule has 0 N–H and O–H groups in total. The molecule has 4 aromatic rings. The van der Waals surface area contributed by atoms with E-state index < -0.39 is 6.04 Å². The number of nitrogens with zero attached hydrogens (tertiary/aromatic N) is 3. The van der Waals surface area contributed by atoms with E-state index in [1.807, 2.05) is 64.1 Å². The van der Waals surface area contributed by atoms with Crippen molar-refractivity contribution in [2.45, 2.75) is 33.7 Å². The summed E-state index contributed by atoms with van der Waals surface area (Å²) < 4.78 is 20.3. The topological polar surface area (TPSA) is 86.3 Å². The fourth-order valence-electron chi connectivity index (χ4n) is 5.15. The van der Waals surface area contributed by atoms with E-state index in [4.69, 9.17) is 18.9 Å². The standard InChI is InChI=1S/C32H32BrN3O5S/c1-7-35(8-2)31(38)28-19(4)34-32-36(29(28)23-16-20(39-5)10-13-25(23)40-6)30(37)27(42-32)17-21-11-14-26(41-21)22-12-9-18(3)15-24(22)33/h9-17,29H,7-8H2,1-6H3/b27-17+/t29-/m0/s1. The number of thiazole rings is 1. The van der Waals surface area contributed by atoms with Crippen molar-refractivity contribution >= 4 is 39.2 Å². The molecule has 0 radical (unpaired) electrons. The second kappa shape index (κ2) is 12.1. The van der Waals surface area contributed by atoms with E-state index in [2.05, 4.69) is 15.9 Å². The number of carbonyl (C=O) groups is 1. The molecule has 1 amide bonds. The van der Waals surface area contributed by atoms with Gasteiger partial charge in [-0.25, -0.2) is 4.99 Å². The molecule has 0 bridgehead atoms. The van der Waals surface area contributed by atoms with Crippen LogP contribution in [0.3, 0.4) is 0 Å². The Kier molecular flexibility index (Phi) is 8.56. The van der Waals surface area contributed by atoms with E-state index in [9.17, 15) is 9.59 Å². The second-order valence-electron chi connectivity index (χ2n) is 9.85. The third-order valence-corrected chi connectivity index (χ3v) is 8.96. The minimum absolute atomic E-state index is 0.176. The number of likely N-dealkylation sites (N-methyl/N-ethyl adjacent to an activating group) is 1. The van der Waals surface area contributed by atoms with Crippen molar-refractivity contribution in [3.05, 3.63) is 101 Å². The number of methoxy groups -OCH3 is 2. The summed E-state index contributed by atoms with van der Waals surface area (Å²) >= 11 is 4.87. The average molecular weight is 651 g/mol. The molecule has 8 nitrogen and oxygen atoms in total. The summed E-state index contributed by atoms with van der Waals surface area (Å²) in [5.41, 5.74) is 3.39. The average Bonchev–Trinajstić information content (AvgIpc) is 3.56. The van der Waals surface area contributed by atoms with Crippen LogP contribution in [-0.2, 0) is 4.79 Å². The highest BCUT2D eigenvalue weighted by atomic mass is 79.9. The maximum absolute atomic E-state index is 14.1. The number of carbonyl (C=O) groups excluding carboxylic acids is 1. The minimum atomic E-state index is -0.766. The van der Waals surface area contributed by atoms with Crippen molar-refractivity contribution in [2.75, 3.05) is 27.3 Å². The second-order valence-corrected chi connectivity index (χ2v) is 11.7. The molecule has 1 aliphatic rings. The van der Waals surface area contributed by atoms with Gasteiger partial charge in [-0.1, -0.05) is 33.3 Å². The van der Waals surface area contributed by atoms with Gasteiger partial charge in [0.2, 0.25) is 0 Å². The van der Waals surface area contributed by atoms with Crippen LogP contribution in [-0.4, -0.2) is 42.7 Å². The summed E-state index contributed by atoms with van der Waals surface area (Å²) in [6, 6.07) is 14.4. The van der Waals surface area contributed by atoms with Crippen LogP contribution in [0.1, 0.15) is 43.7 Å². The van der Waals surface area contributed by atoms with Crippen molar-refractivity contribution < 1.29 is 18.7 Å². The number of amides is 1. The summed E-state index contributed by atoms with van der Waals surface area (Å²) in [5.74, 6) is 2.16. The van der Waals surface area contributed by atoms with Gasteiger partial charge >= 0.3 is 0 Å². The third-order valence-electron chi connectivity index (χ3n) is 7.32. The molecule has 0 unspecified atom stereocenters. The Labute approximate surface area is 256 Å². The van der Waals surface area contributed by atoms with E-state index in [1.165, 1.54) is 11.3 Å². The summed E-state index contributed by atoms with van der Waals surface area (Å²) in [4.78, 5) is 35.0. The molecule has 0 spiro atoms. The molecular formula is C32H32BrN3O5S. The number of rotatable bonds is 8. The first-order valence-electron chi connectivity index (χ1n) is 13.6. The Morgan fingerprint density at radius 1 is 1.10 bits per heavy atom. The van der Waals surface area contributed by atoms with Crippen LogP contribution in [0.4, 0.5) is 0 Å². The number of allylic oxidation sites excluding steroid dienone is 1. The number of hydrogen-bond acceptors (Lipinski definition) is 7. The summed E-state index contributed by atoms with van der Waals surface area (Å²) in [5, 5.41) is 0. The van der Waals surface area contributed by atoms with Gasteiger partial charge in [0.25, 0.3) is 11.5 Å². The van der Waals surface area contributed by atoms with Gasteiger partial charge in [-0.15, -0.1) is 0 Å². The third kappa shape index (κ3) is 5.36. The van der Waals surface area contributed by atoms with E-state index in [1.54, 1.807) is 41.9 Å². The quantitative estimate of drug-likeness (QED) is 0.253. The summed E-state index contributed by atoms with van der Waals surface area (Å²) in [7, 11) is 3.14. The molecule has 42 heavy (non-hydrogen) atoms. The number of furan rings is 1. The summed E-state index contributed by atoms with van der Waals surface area (Å²) in [6.07, 6.45) is 1.72. The van der Waals surface area contributed by atoms with E-state index >= 15 is 0 Å². The van der Waals surface area contributed by atoms with Crippen molar-refractivity contribution in [1.82, 2.24) is 9.47 Å². The molecule has 0 aliphatic carbocycles. The minimum Gasteiger partial charge on any atom is -0.497 e. The zero-order valence-electron chi connectivity index (χ0n) is 24.4. The smallest absolute Gasteiger partial charge is 0.271 e. The fourth-order valence-corrected chi connectivity index (χ4v) is 6.86. The maximum Gasteiger partial charge on any atom is 0.271 e. The molecule has 1 atom stereocenters. The van der Waals surface area contributed by atoms with Crippen molar-refractivity contribution in [3.63, 3.8) is 0 Å². The normalized spacial score (nSPS) is 14.9. The largest absolute Gasteiger partial charge is 0.497 e. The molecule has 5 rings (SSSR count). The van der Waals surface area contributed by atoms with Crippen LogP contribution in [0, 0.1) is 6.92 Å². The molecule has 2 aromatic carbocycles. The van der Waals surface area contributed by atoms with Crippen molar-refractivity contribution in [2.24, 2.45) is 4.99 Å². The maximum atomic E-state index is 14.1. The lowest BCUT2D eigenvalue weighted by molar-refractivity contribution is -0.127. The van der Waals surface area contributed by atoms with Gasteiger partial charge in [0, 0.05) is 34.8 Å². The Hall–Kier alpha value is -3.89. The predicted molar refractivity (Wildman–Crippen MR) is 168 cm³/mol. The lowest BCUT2D eigenvalue weighted by atomic mass is 9.93. The fraction of sp³-hybridized carbons (Fsp3) is 0.281. The van der Waals surface area contributed by atoms with E-state index in [-0.39, 0.29) is 11.5 Å². The lowest BCUT2D eigenvalue weighted by Gasteiger charge is -2.30. The van der Waals surface area contributed by atoms with Crippen LogP contribution in [0.2, 0.25) is 0 Å². The highest BCUT2D eigenvalue weighted by Gasteiger charge is 2.36. The SMILES string of the molecule is CCN(CC)C(=O)C1=C(C)N=c2s/c(=C/c3ccc(-c4ccc(C)cc4Br)o3)c(=O)n2[C@H]1c1cc(OC)ccc1OC. The Morgan fingerprint density at radius 2 is 1.86 bits per heavy atom. The molecule has 0 saturated heterocycles. The number of aryl methyl sites for hydroxylation is 1. The monoisotopic (exact) mass is 649 g/mol. The van der Waals surface area contributed by atoms with Crippen LogP contribution in [0.25, 0.3) is 17.4 Å². The van der Waals surface area contributed by atoms with E-state index in [0.717, 1.165) is 15.6 Å². The molecular weight excluding hydrogens is 618 g/mol. The number of halogens is 1. The number of fused-ring (bicyclic) bond motifs is 1. The zero-order chi connectivity index (χ0) is 30.1. The zero-order valence-corrected chi connectivity index (χ0v) is 26.8. The van der Waals surface area contributed by atoms with Crippen molar-refractivity contribution in [1.29, 1.82) is 0 Å². The van der Waals surface area contributed by atoms with Crippen LogP contribution in [0.5, 0.6) is 11.5 Å². The highest BCUT2D eigenvalue weighted by molar-refractivity contribution is 9.10. The molecule has 218 valence electrons. The molecule has 2 aromatic heterocycles. The Bertz CT molecular complexity index is 1880. The molecule has 10 heteroatoms. The van der Waals surface area contributed by atoms with Gasteiger partial charge in [0.05, 0.1) is 30.0 Å². The van der Waals surface area contributed by atoms with Gasteiger partial charge in [-0.2, -0.15) is 0 Å². The van der Waals surface area contributed by atoms with Crippen LogP contribution < -0.4 is 24.4 Å². The van der Waals surface area contributed by atoms with Gasteiger partial charge in [-0.05, 0) is 75.7 Å². The first-order valence-corrected chi connectivity index (χ1v) is 15.2. The Balaban J connectivity index is 1.70. The van der Waals surface area contributed by atoms with Gasteiger partial charge < -0.3 is 18.8 Å². The molecule has 3 heterocycles. The number of benzene rings is 2. The van der Waals surface area contributed by atoms with Gasteiger partial charge in [-0.3, -0.25) is 14.2 Å². The first-order chi connectivity index (χ1) is 20.2.